The topological polar surface area (TPSA) is 52.6 Å². The van der Waals surface area contributed by atoms with E-state index in [9.17, 15) is 9.90 Å². The Bertz CT molecular complexity index is 777. The lowest BCUT2D eigenvalue weighted by molar-refractivity contribution is -0.00509. The number of hydrogen-bond donors (Lipinski definition) is 2. The molecule has 1 fully saturated rings. The number of carbonyl (C=O) groups excluding carboxylic acids is 1. The predicted molar refractivity (Wildman–Crippen MR) is 92.9 cm³/mol. The molecule has 2 aromatic carbocycles. The molecule has 23 heavy (non-hydrogen) atoms. The number of hydrogen-bond acceptors (Lipinski definition) is 3. The molecule has 1 aliphatic carbocycles. The van der Waals surface area contributed by atoms with Gasteiger partial charge in [0.05, 0.1) is 12.1 Å². The van der Waals surface area contributed by atoms with Gasteiger partial charge < -0.3 is 5.11 Å². The summed E-state index contributed by atoms with van der Waals surface area (Å²) in [5, 5.41) is 14.1. The van der Waals surface area contributed by atoms with Crippen molar-refractivity contribution in [3.63, 3.8) is 0 Å². The molecule has 1 amide bonds. The normalized spacial score (nSPS) is 24.8. The highest BCUT2D eigenvalue weighted by Crippen LogP contribution is 2.34. The first kappa shape index (κ1) is 15.1. The molecule has 2 aromatic rings. The molecule has 1 heterocycles. The number of aliphatic hydroxyl groups is 1. The Morgan fingerprint density at radius 1 is 1.17 bits per heavy atom. The molecule has 4 rings (SSSR count). The average Bonchev–Trinajstić information content (AvgIpc) is 2.57. The van der Waals surface area contributed by atoms with E-state index in [0.29, 0.717) is 6.54 Å². The van der Waals surface area contributed by atoms with Gasteiger partial charge in [-0.3, -0.25) is 9.80 Å². The van der Waals surface area contributed by atoms with E-state index in [1.165, 1.54) is 0 Å². The van der Waals surface area contributed by atoms with E-state index in [1.54, 1.807) is 5.01 Å². The van der Waals surface area contributed by atoms with Crippen LogP contribution in [0.25, 0.3) is 10.8 Å². The number of nitrogens with zero attached hydrogens (tertiary/aromatic N) is 1. The summed E-state index contributed by atoms with van der Waals surface area (Å²) in [7, 11) is 0. The summed E-state index contributed by atoms with van der Waals surface area (Å²) in [6.45, 7) is 0.609. The van der Waals surface area contributed by atoms with E-state index in [4.69, 9.17) is 0 Å². The van der Waals surface area contributed by atoms with Crippen molar-refractivity contribution in [3.05, 3.63) is 45.9 Å². The third kappa shape index (κ3) is 2.47. The van der Waals surface area contributed by atoms with Crippen molar-refractivity contribution in [3.8, 4) is 0 Å². The van der Waals surface area contributed by atoms with Crippen LogP contribution >= 0.6 is 15.9 Å². The summed E-state index contributed by atoms with van der Waals surface area (Å²) in [5.41, 5.74) is 5.01. The van der Waals surface area contributed by atoms with Crippen LogP contribution in [0.5, 0.6) is 0 Å². The molecule has 5 heteroatoms. The van der Waals surface area contributed by atoms with Gasteiger partial charge in [-0.15, -0.1) is 0 Å². The van der Waals surface area contributed by atoms with Crippen LogP contribution in [0, 0.1) is 0 Å². The fraction of sp³-hybridized carbons (Fsp3) is 0.389. The third-order valence-corrected chi connectivity index (χ3v) is 5.66. The van der Waals surface area contributed by atoms with Gasteiger partial charge in [0.15, 0.2) is 0 Å². The molecule has 4 nitrogen and oxygen atoms in total. The first-order valence-electron chi connectivity index (χ1n) is 8.12. The molecule has 0 bridgehead atoms. The van der Waals surface area contributed by atoms with Gasteiger partial charge in [-0.25, -0.2) is 5.43 Å². The lowest BCUT2D eigenvalue weighted by Crippen LogP contribution is -2.57. The van der Waals surface area contributed by atoms with Crippen LogP contribution in [0.1, 0.15) is 41.6 Å². The summed E-state index contributed by atoms with van der Waals surface area (Å²) in [6.07, 6.45) is 3.27. The van der Waals surface area contributed by atoms with E-state index in [-0.39, 0.29) is 11.9 Å². The van der Waals surface area contributed by atoms with Crippen molar-refractivity contribution >= 4 is 32.6 Å². The first-order chi connectivity index (χ1) is 11.2. The van der Waals surface area contributed by atoms with Crippen molar-refractivity contribution < 1.29 is 9.90 Å². The predicted octanol–water partition coefficient (Wildman–Crippen LogP) is 3.37. The van der Waals surface area contributed by atoms with Gasteiger partial charge in [-0.05, 0) is 35.2 Å². The Labute approximate surface area is 143 Å². The van der Waals surface area contributed by atoms with Gasteiger partial charge in [-0.1, -0.05) is 53.0 Å². The number of benzene rings is 2. The number of hydrazine groups is 1. The summed E-state index contributed by atoms with van der Waals surface area (Å²) in [6, 6.07) is 9.90. The summed E-state index contributed by atoms with van der Waals surface area (Å²) in [4.78, 5) is 13.0. The minimum absolute atomic E-state index is 0.0383. The maximum absolute atomic E-state index is 13.0. The molecule has 1 unspecified atom stereocenters. The van der Waals surface area contributed by atoms with Crippen molar-refractivity contribution in [2.45, 2.75) is 44.4 Å². The van der Waals surface area contributed by atoms with E-state index < -0.39 is 6.10 Å². The molecule has 0 spiro atoms. The molecule has 0 radical (unpaired) electrons. The van der Waals surface area contributed by atoms with Gasteiger partial charge in [0, 0.05) is 16.6 Å². The molecular formula is C18H19BrN2O2. The molecule has 1 aliphatic heterocycles. The van der Waals surface area contributed by atoms with Crippen molar-refractivity contribution in [1.82, 2.24) is 10.4 Å². The minimum Gasteiger partial charge on any atom is -0.391 e. The Morgan fingerprint density at radius 2 is 1.91 bits per heavy atom. The fourth-order valence-corrected chi connectivity index (χ4v) is 4.37. The van der Waals surface area contributed by atoms with Gasteiger partial charge in [0.1, 0.15) is 0 Å². The minimum atomic E-state index is -0.439. The van der Waals surface area contributed by atoms with E-state index in [1.807, 2.05) is 18.2 Å². The fourth-order valence-electron chi connectivity index (χ4n) is 3.80. The van der Waals surface area contributed by atoms with E-state index in [2.05, 4.69) is 33.5 Å². The van der Waals surface area contributed by atoms with Crippen LogP contribution in [0.3, 0.4) is 0 Å². The lowest BCUT2D eigenvalue weighted by Gasteiger charge is -2.40. The van der Waals surface area contributed by atoms with Gasteiger partial charge in [0.2, 0.25) is 0 Å². The van der Waals surface area contributed by atoms with E-state index in [0.717, 1.165) is 52.1 Å². The Hall–Kier alpha value is -1.43. The average molecular weight is 375 g/mol. The molecule has 120 valence electrons. The second-order valence-corrected chi connectivity index (χ2v) is 7.21. The van der Waals surface area contributed by atoms with Crippen molar-refractivity contribution in [2.75, 3.05) is 0 Å². The lowest BCUT2D eigenvalue weighted by atomic mass is 9.90. The standard InChI is InChI=1S/C18H19BrN2O2/c19-15-9-13-14(11-5-1-2-6-12(11)15)10-20-21(18(13)23)16-7-3-4-8-17(16)22/h1-2,5-6,9,16-17,20,22H,3-4,7-8,10H2/t16?,17-/m0/s1. The molecule has 2 atom stereocenters. The quantitative estimate of drug-likeness (QED) is 0.804. The summed E-state index contributed by atoms with van der Waals surface area (Å²) >= 11 is 3.59. The highest BCUT2D eigenvalue weighted by Gasteiger charge is 2.36. The maximum atomic E-state index is 13.0. The number of fused-ring (bicyclic) bond motifs is 3. The second kappa shape index (κ2) is 5.89. The molecule has 0 saturated heterocycles. The van der Waals surface area contributed by atoms with Crippen LogP contribution in [0.15, 0.2) is 34.8 Å². The Morgan fingerprint density at radius 3 is 2.70 bits per heavy atom. The maximum Gasteiger partial charge on any atom is 0.268 e. The van der Waals surface area contributed by atoms with Crippen LogP contribution in [0.2, 0.25) is 0 Å². The zero-order valence-corrected chi connectivity index (χ0v) is 14.3. The van der Waals surface area contributed by atoms with E-state index >= 15 is 0 Å². The Balaban J connectivity index is 1.77. The van der Waals surface area contributed by atoms with Gasteiger partial charge in [0.25, 0.3) is 5.91 Å². The number of carbonyl (C=O) groups is 1. The highest BCUT2D eigenvalue weighted by atomic mass is 79.9. The SMILES string of the molecule is O=C1c2cc(Br)c3ccccc3c2CNN1C1CCCC[C@@H]1O. The van der Waals surface area contributed by atoms with Crippen LogP contribution in [-0.2, 0) is 6.54 Å². The molecule has 2 N–H and O–H groups in total. The van der Waals surface area contributed by atoms with Crippen molar-refractivity contribution in [2.24, 2.45) is 0 Å². The third-order valence-electron chi connectivity index (χ3n) is 5.01. The molecule has 1 saturated carbocycles. The van der Waals surface area contributed by atoms with Gasteiger partial charge in [-0.2, -0.15) is 0 Å². The number of amides is 1. The summed E-state index contributed by atoms with van der Waals surface area (Å²) < 4.78 is 0.936. The molecule has 2 aliphatic rings. The monoisotopic (exact) mass is 374 g/mol. The molecular weight excluding hydrogens is 356 g/mol. The number of aliphatic hydroxyl groups excluding tert-OH is 1. The number of rotatable bonds is 1. The van der Waals surface area contributed by atoms with Crippen LogP contribution in [0.4, 0.5) is 0 Å². The first-order valence-corrected chi connectivity index (χ1v) is 8.91. The van der Waals surface area contributed by atoms with Crippen molar-refractivity contribution in [1.29, 1.82) is 0 Å². The molecule has 0 aromatic heterocycles. The second-order valence-electron chi connectivity index (χ2n) is 6.36. The zero-order valence-electron chi connectivity index (χ0n) is 12.8. The van der Waals surface area contributed by atoms with Crippen LogP contribution < -0.4 is 5.43 Å². The zero-order chi connectivity index (χ0) is 16.0. The van der Waals surface area contributed by atoms with Gasteiger partial charge >= 0.3 is 0 Å². The highest BCUT2D eigenvalue weighted by molar-refractivity contribution is 9.10. The number of nitrogens with one attached hydrogen (secondary N) is 1. The smallest absolute Gasteiger partial charge is 0.268 e. The Kier molecular flexibility index (Phi) is 3.87. The summed E-state index contributed by atoms with van der Waals surface area (Å²) in [5.74, 6) is -0.0383. The number of halogens is 1. The largest absolute Gasteiger partial charge is 0.391 e. The van der Waals surface area contributed by atoms with Crippen LogP contribution in [-0.4, -0.2) is 28.2 Å².